The van der Waals surface area contributed by atoms with Crippen LogP contribution in [0.15, 0.2) is 23.3 Å². The van der Waals surface area contributed by atoms with E-state index in [-0.39, 0.29) is 11.7 Å². The van der Waals surface area contributed by atoms with Crippen LogP contribution in [0.1, 0.15) is 33.6 Å². The number of allylic oxidation sites excluding steroid dienone is 4. The van der Waals surface area contributed by atoms with Crippen molar-refractivity contribution in [3.05, 3.63) is 23.3 Å². The molecular formula is C11H17ClO. The third kappa shape index (κ3) is 7.79. The third-order valence-corrected chi connectivity index (χ3v) is 1.89. The zero-order valence-corrected chi connectivity index (χ0v) is 9.32. The van der Waals surface area contributed by atoms with Crippen LogP contribution in [0.4, 0.5) is 0 Å². The number of ketones is 1. The summed E-state index contributed by atoms with van der Waals surface area (Å²) in [7, 11) is 0. The van der Waals surface area contributed by atoms with Crippen molar-refractivity contribution in [2.75, 3.05) is 5.88 Å². The molecule has 0 bridgehead atoms. The van der Waals surface area contributed by atoms with Crippen molar-refractivity contribution in [3.63, 3.8) is 0 Å². The van der Waals surface area contributed by atoms with Crippen LogP contribution in [0.5, 0.6) is 0 Å². The molecule has 0 atom stereocenters. The molecule has 0 aliphatic carbocycles. The average Bonchev–Trinajstić information content (AvgIpc) is 2.03. The molecule has 1 nitrogen and oxygen atoms in total. The first-order chi connectivity index (χ1) is 6.06. The lowest BCUT2D eigenvalue weighted by atomic mass is 10.1. The first-order valence-corrected chi connectivity index (χ1v) is 4.99. The number of hydrogen-bond donors (Lipinski definition) is 0. The highest BCUT2D eigenvalue weighted by atomic mass is 35.5. The van der Waals surface area contributed by atoms with Gasteiger partial charge in [0.05, 0.1) is 5.88 Å². The second kappa shape index (κ2) is 6.90. The van der Waals surface area contributed by atoms with Crippen molar-refractivity contribution >= 4 is 17.4 Å². The van der Waals surface area contributed by atoms with E-state index in [2.05, 4.69) is 19.9 Å². The molecule has 0 fully saturated rings. The van der Waals surface area contributed by atoms with Gasteiger partial charge < -0.3 is 0 Å². The molecule has 0 aromatic carbocycles. The highest BCUT2D eigenvalue weighted by Crippen LogP contribution is 2.06. The molecular weight excluding hydrogens is 184 g/mol. The average molecular weight is 201 g/mol. The zero-order valence-electron chi connectivity index (χ0n) is 8.56. The van der Waals surface area contributed by atoms with Crippen LogP contribution < -0.4 is 0 Å². The zero-order chi connectivity index (χ0) is 10.3. The Labute approximate surface area is 85.5 Å². The molecule has 0 rings (SSSR count). The minimum Gasteiger partial charge on any atom is -0.294 e. The van der Waals surface area contributed by atoms with Crippen molar-refractivity contribution in [1.29, 1.82) is 0 Å². The van der Waals surface area contributed by atoms with E-state index in [1.807, 2.05) is 6.92 Å². The molecule has 0 heterocycles. The molecule has 0 saturated carbocycles. The number of alkyl halides is 1. The molecule has 0 aliphatic rings. The van der Waals surface area contributed by atoms with Gasteiger partial charge in [-0.2, -0.15) is 0 Å². The summed E-state index contributed by atoms with van der Waals surface area (Å²) in [5.41, 5.74) is 2.42. The van der Waals surface area contributed by atoms with Crippen molar-refractivity contribution in [1.82, 2.24) is 0 Å². The van der Waals surface area contributed by atoms with Gasteiger partial charge in [0.15, 0.2) is 5.78 Å². The Morgan fingerprint density at radius 3 is 2.38 bits per heavy atom. The highest BCUT2D eigenvalue weighted by molar-refractivity contribution is 6.29. The first-order valence-electron chi connectivity index (χ1n) is 4.45. The van der Waals surface area contributed by atoms with Gasteiger partial charge in [-0.25, -0.2) is 0 Å². The van der Waals surface area contributed by atoms with Crippen molar-refractivity contribution in [2.24, 2.45) is 0 Å². The van der Waals surface area contributed by atoms with Gasteiger partial charge in [-0.3, -0.25) is 4.79 Å². The quantitative estimate of drug-likeness (QED) is 0.377. The van der Waals surface area contributed by atoms with Crippen LogP contribution in [-0.4, -0.2) is 11.7 Å². The van der Waals surface area contributed by atoms with Gasteiger partial charge in [0.25, 0.3) is 0 Å². The molecule has 0 radical (unpaired) electrons. The van der Waals surface area contributed by atoms with Crippen molar-refractivity contribution < 1.29 is 4.79 Å². The molecule has 74 valence electrons. The number of carbonyl (C=O) groups is 1. The van der Waals surface area contributed by atoms with E-state index in [1.165, 1.54) is 5.57 Å². The molecule has 2 heteroatoms. The summed E-state index contributed by atoms with van der Waals surface area (Å²) < 4.78 is 0. The smallest absolute Gasteiger partial charge is 0.170 e. The fraction of sp³-hybridized carbons (Fsp3) is 0.545. The first kappa shape index (κ1) is 12.4. The molecule has 0 amide bonds. The van der Waals surface area contributed by atoms with Crippen LogP contribution in [-0.2, 0) is 4.79 Å². The van der Waals surface area contributed by atoms with Crippen LogP contribution in [0.3, 0.4) is 0 Å². The Kier molecular flexibility index (Phi) is 6.61. The van der Waals surface area contributed by atoms with Crippen LogP contribution in [0.2, 0.25) is 0 Å². The Bertz CT molecular complexity index is 222. The number of halogens is 1. The highest BCUT2D eigenvalue weighted by Gasteiger charge is 1.95. The SMILES string of the molecule is CC(C)=CCC/C(C)=C/C(=O)CCl. The number of hydrogen-bond acceptors (Lipinski definition) is 1. The van der Waals surface area contributed by atoms with Gasteiger partial charge in [0.2, 0.25) is 0 Å². The lowest BCUT2D eigenvalue weighted by molar-refractivity contribution is -0.112. The van der Waals surface area contributed by atoms with Crippen molar-refractivity contribution in [3.8, 4) is 0 Å². The summed E-state index contributed by atoms with van der Waals surface area (Å²) in [6.07, 6.45) is 5.74. The summed E-state index contributed by atoms with van der Waals surface area (Å²) in [5, 5.41) is 0. The minimum absolute atomic E-state index is 0.00336. The Morgan fingerprint density at radius 2 is 1.92 bits per heavy atom. The molecule has 0 saturated heterocycles. The Morgan fingerprint density at radius 1 is 1.31 bits per heavy atom. The van der Waals surface area contributed by atoms with Gasteiger partial charge in [0.1, 0.15) is 0 Å². The second-order valence-corrected chi connectivity index (χ2v) is 3.68. The predicted molar refractivity (Wildman–Crippen MR) is 58.1 cm³/mol. The van der Waals surface area contributed by atoms with E-state index in [0.29, 0.717) is 0 Å². The molecule has 0 unspecified atom stereocenters. The summed E-state index contributed by atoms with van der Waals surface area (Å²) in [4.78, 5) is 10.9. The van der Waals surface area contributed by atoms with Crippen molar-refractivity contribution in [2.45, 2.75) is 33.6 Å². The summed E-state index contributed by atoms with van der Waals surface area (Å²) in [5.74, 6) is 0.0800. The lowest BCUT2D eigenvalue weighted by Gasteiger charge is -1.97. The summed E-state index contributed by atoms with van der Waals surface area (Å²) in [6, 6.07) is 0. The predicted octanol–water partition coefficient (Wildman–Crippen LogP) is 3.49. The van der Waals surface area contributed by atoms with Gasteiger partial charge in [0, 0.05) is 0 Å². The van der Waals surface area contributed by atoms with E-state index < -0.39 is 0 Å². The fourth-order valence-electron chi connectivity index (χ4n) is 0.974. The molecule has 0 aliphatic heterocycles. The van der Waals surface area contributed by atoms with Crippen LogP contribution in [0, 0.1) is 0 Å². The maximum Gasteiger partial charge on any atom is 0.170 e. The van der Waals surface area contributed by atoms with E-state index in [4.69, 9.17) is 11.6 Å². The largest absolute Gasteiger partial charge is 0.294 e. The summed E-state index contributed by atoms with van der Waals surface area (Å²) >= 11 is 5.37. The monoisotopic (exact) mass is 200 g/mol. The van der Waals surface area contributed by atoms with Crippen LogP contribution in [0.25, 0.3) is 0 Å². The molecule has 0 aromatic heterocycles. The third-order valence-electron chi connectivity index (χ3n) is 1.63. The van der Waals surface area contributed by atoms with E-state index in [0.717, 1.165) is 18.4 Å². The normalized spacial score (nSPS) is 11.2. The number of carbonyl (C=O) groups excluding carboxylic acids is 1. The maximum atomic E-state index is 10.9. The lowest BCUT2D eigenvalue weighted by Crippen LogP contribution is -1.94. The standard InChI is InChI=1S/C11H17ClO/c1-9(2)5-4-6-10(3)7-11(13)8-12/h5,7H,4,6,8H2,1-3H3/b10-7+. The molecule has 0 aromatic rings. The Balaban J connectivity index is 3.87. The Hall–Kier alpha value is -0.560. The van der Waals surface area contributed by atoms with E-state index in [1.54, 1.807) is 6.08 Å². The second-order valence-electron chi connectivity index (χ2n) is 3.41. The van der Waals surface area contributed by atoms with Gasteiger partial charge >= 0.3 is 0 Å². The maximum absolute atomic E-state index is 10.9. The van der Waals surface area contributed by atoms with E-state index in [9.17, 15) is 4.79 Å². The fourth-order valence-corrected chi connectivity index (χ4v) is 1.05. The molecule has 0 spiro atoms. The topological polar surface area (TPSA) is 17.1 Å². The molecule has 0 N–H and O–H groups in total. The van der Waals surface area contributed by atoms with Gasteiger partial charge in [-0.15, -0.1) is 11.6 Å². The minimum atomic E-state index is -0.00336. The number of rotatable bonds is 5. The van der Waals surface area contributed by atoms with E-state index >= 15 is 0 Å². The van der Waals surface area contributed by atoms with Gasteiger partial charge in [-0.05, 0) is 39.7 Å². The summed E-state index contributed by atoms with van der Waals surface area (Å²) in [6.45, 7) is 6.11. The van der Waals surface area contributed by atoms with Gasteiger partial charge in [-0.1, -0.05) is 17.2 Å². The van der Waals surface area contributed by atoms with Crippen LogP contribution >= 0.6 is 11.6 Å². The molecule has 13 heavy (non-hydrogen) atoms.